The van der Waals surface area contributed by atoms with Crippen molar-refractivity contribution in [1.29, 1.82) is 0 Å². The van der Waals surface area contributed by atoms with Gasteiger partial charge in [0.25, 0.3) is 5.91 Å². The summed E-state index contributed by atoms with van der Waals surface area (Å²) in [7, 11) is 0. The summed E-state index contributed by atoms with van der Waals surface area (Å²) in [5.74, 6) is -1.22. The second kappa shape index (κ2) is 5.57. The van der Waals surface area contributed by atoms with E-state index in [2.05, 4.69) is 10.3 Å². The van der Waals surface area contributed by atoms with Gasteiger partial charge < -0.3 is 10.4 Å². The Morgan fingerprint density at radius 3 is 2.52 bits per heavy atom. The molecule has 0 aliphatic heterocycles. The van der Waals surface area contributed by atoms with Gasteiger partial charge in [-0.05, 0) is 25.0 Å². The molecule has 7 heteroatoms. The maximum Gasteiger partial charge on any atom is 0.345 e. The van der Waals surface area contributed by atoms with Gasteiger partial charge in [-0.15, -0.1) is 22.7 Å². The summed E-state index contributed by atoms with van der Waals surface area (Å²) in [4.78, 5) is 28.3. The van der Waals surface area contributed by atoms with Crippen molar-refractivity contribution >= 4 is 34.6 Å². The van der Waals surface area contributed by atoms with Gasteiger partial charge in [-0.1, -0.05) is 12.8 Å². The average molecular weight is 322 g/mol. The molecule has 0 saturated heterocycles. The molecule has 0 unspecified atom stereocenters. The van der Waals surface area contributed by atoms with E-state index in [1.165, 1.54) is 6.07 Å². The molecule has 1 aliphatic carbocycles. The van der Waals surface area contributed by atoms with Crippen LogP contribution in [0.15, 0.2) is 23.7 Å². The molecular formula is C14H14N2O3S2. The Bertz CT molecular complexity index is 658. The van der Waals surface area contributed by atoms with Crippen LogP contribution in [0.3, 0.4) is 0 Å². The van der Waals surface area contributed by atoms with E-state index in [1.54, 1.807) is 23.6 Å². The SMILES string of the molecule is O=C(O)c1ccc(C(=O)NC2(c3nccs3)CCCC2)s1. The summed E-state index contributed by atoms with van der Waals surface area (Å²) in [5, 5.41) is 14.9. The van der Waals surface area contributed by atoms with E-state index in [0.29, 0.717) is 4.88 Å². The average Bonchev–Trinajstić information content (AvgIpc) is 3.20. The molecule has 21 heavy (non-hydrogen) atoms. The fourth-order valence-corrected chi connectivity index (χ4v) is 4.28. The van der Waals surface area contributed by atoms with Gasteiger partial charge in [-0.25, -0.2) is 9.78 Å². The number of carbonyl (C=O) groups excluding carboxylic acids is 1. The van der Waals surface area contributed by atoms with Gasteiger partial charge in [0.2, 0.25) is 0 Å². The zero-order chi connectivity index (χ0) is 14.9. The third-order valence-electron chi connectivity index (χ3n) is 3.69. The van der Waals surface area contributed by atoms with Crippen molar-refractivity contribution in [3.8, 4) is 0 Å². The van der Waals surface area contributed by atoms with E-state index < -0.39 is 11.5 Å². The number of nitrogens with zero attached hydrogens (tertiary/aromatic N) is 1. The number of aromatic carboxylic acids is 1. The van der Waals surface area contributed by atoms with Crippen LogP contribution in [-0.4, -0.2) is 22.0 Å². The fourth-order valence-electron chi connectivity index (χ4n) is 2.68. The molecule has 0 atom stereocenters. The van der Waals surface area contributed by atoms with E-state index in [4.69, 9.17) is 5.11 Å². The molecule has 0 spiro atoms. The lowest BCUT2D eigenvalue weighted by atomic mass is 9.98. The minimum absolute atomic E-state index is 0.176. The number of carbonyl (C=O) groups is 2. The van der Waals surface area contributed by atoms with Gasteiger partial charge >= 0.3 is 5.97 Å². The minimum Gasteiger partial charge on any atom is -0.477 e. The number of carboxylic acids is 1. The molecular weight excluding hydrogens is 308 g/mol. The molecule has 1 amide bonds. The number of rotatable bonds is 4. The molecule has 3 rings (SSSR count). The van der Waals surface area contributed by atoms with Gasteiger partial charge in [0.05, 0.1) is 10.4 Å². The molecule has 110 valence electrons. The lowest BCUT2D eigenvalue weighted by molar-refractivity contribution is 0.0702. The molecule has 1 aliphatic rings. The Morgan fingerprint density at radius 1 is 1.24 bits per heavy atom. The summed E-state index contributed by atoms with van der Waals surface area (Å²) in [6, 6.07) is 3.03. The highest BCUT2D eigenvalue weighted by molar-refractivity contribution is 7.15. The molecule has 0 aromatic carbocycles. The van der Waals surface area contributed by atoms with Crippen LogP contribution in [0.2, 0.25) is 0 Å². The number of thiophene rings is 1. The zero-order valence-corrected chi connectivity index (χ0v) is 12.8. The molecule has 2 aromatic rings. The van der Waals surface area contributed by atoms with Gasteiger partial charge in [-0.3, -0.25) is 4.79 Å². The fraction of sp³-hybridized carbons (Fsp3) is 0.357. The predicted molar refractivity (Wildman–Crippen MR) is 81.0 cm³/mol. The molecule has 2 aromatic heterocycles. The second-order valence-electron chi connectivity index (χ2n) is 5.05. The molecule has 1 fully saturated rings. The van der Waals surface area contributed by atoms with Crippen LogP contribution in [0.25, 0.3) is 0 Å². The van der Waals surface area contributed by atoms with Gasteiger partial charge in [0, 0.05) is 11.6 Å². The molecule has 0 radical (unpaired) electrons. The number of carboxylic acid groups (broad SMARTS) is 1. The largest absolute Gasteiger partial charge is 0.477 e. The number of hydrogen-bond donors (Lipinski definition) is 2. The molecule has 0 bridgehead atoms. The van der Waals surface area contributed by atoms with Crippen molar-refractivity contribution in [2.24, 2.45) is 0 Å². The third-order valence-corrected chi connectivity index (χ3v) is 5.74. The summed E-state index contributed by atoms with van der Waals surface area (Å²) in [6.07, 6.45) is 5.63. The Hall–Kier alpha value is -1.73. The van der Waals surface area contributed by atoms with E-state index in [-0.39, 0.29) is 10.8 Å². The van der Waals surface area contributed by atoms with E-state index in [0.717, 1.165) is 42.0 Å². The minimum atomic E-state index is -1.01. The van der Waals surface area contributed by atoms with Crippen LogP contribution in [0.5, 0.6) is 0 Å². The van der Waals surface area contributed by atoms with E-state index in [1.807, 2.05) is 5.38 Å². The number of amides is 1. The number of hydrogen-bond acceptors (Lipinski definition) is 5. The van der Waals surface area contributed by atoms with Crippen LogP contribution in [0, 0.1) is 0 Å². The quantitative estimate of drug-likeness (QED) is 0.906. The normalized spacial score (nSPS) is 16.8. The van der Waals surface area contributed by atoms with E-state index in [9.17, 15) is 9.59 Å². The third kappa shape index (κ3) is 2.71. The lowest BCUT2D eigenvalue weighted by Gasteiger charge is -2.27. The van der Waals surface area contributed by atoms with Gasteiger partial charge in [0.15, 0.2) is 0 Å². The standard InChI is InChI=1S/C14H14N2O3S2/c17-11(9-3-4-10(21-9)12(18)19)16-14(5-1-2-6-14)13-15-7-8-20-13/h3-4,7-8H,1-2,5-6H2,(H,16,17)(H,18,19). The first-order chi connectivity index (χ1) is 10.1. The Morgan fingerprint density at radius 2 is 1.95 bits per heavy atom. The number of aromatic nitrogens is 1. The van der Waals surface area contributed by atoms with Crippen LogP contribution < -0.4 is 5.32 Å². The van der Waals surface area contributed by atoms with Crippen molar-refractivity contribution < 1.29 is 14.7 Å². The van der Waals surface area contributed by atoms with Gasteiger partial charge in [-0.2, -0.15) is 0 Å². The van der Waals surface area contributed by atoms with Crippen molar-refractivity contribution in [2.45, 2.75) is 31.2 Å². The zero-order valence-electron chi connectivity index (χ0n) is 11.2. The summed E-state index contributed by atoms with van der Waals surface area (Å²) in [5.41, 5.74) is -0.390. The van der Waals surface area contributed by atoms with Crippen LogP contribution >= 0.6 is 22.7 Å². The summed E-state index contributed by atoms with van der Waals surface area (Å²) < 4.78 is 0. The number of thiazole rings is 1. The Kier molecular flexibility index (Phi) is 3.77. The van der Waals surface area contributed by atoms with E-state index >= 15 is 0 Å². The molecule has 2 heterocycles. The summed E-state index contributed by atoms with van der Waals surface area (Å²) >= 11 is 2.55. The highest BCUT2D eigenvalue weighted by atomic mass is 32.1. The molecule has 1 saturated carbocycles. The lowest BCUT2D eigenvalue weighted by Crippen LogP contribution is -2.43. The van der Waals surface area contributed by atoms with Crippen LogP contribution in [-0.2, 0) is 5.54 Å². The predicted octanol–water partition coefficient (Wildman–Crippen LogP) is 3.10. The van der Waals surface area contributed by atoms with Crippen LogP contribution in [0.4, 0.5) is 0 Å². The summed E-state index contributed by atoms with van der Waals surface area (Å²) in [6.45, 7) is 0. The Balaban J connectivity index is 1.83. The topological polar surface area (TPSA) is 79.3 Å². The first-order valence-corrected chi connectivity index (χ1v) is 8.36. The molecule has 5 nitrogen and oxygen atoms in total. The van der Waals surface area contributed by atoms with Crippen LogP contribution in [0.1, 0.15) is 50.0 Å². The van der Waals surface area contributed by atoms with Crippen molar-refractivity contribution in [3.63, 3.8) is 0 Å². The first-order valence-electron chi connectivity index (χ1n) is 6.66. The second-order valence-corrected chi connectivity index (χ2v) is 7.03. The smallest absolute Gasteiger partial charge is 0.345 e. The monoisotopic (exact) mass is 322 g/mol. The molecule has 2 N–H and O–H groups in total. The highest BCUT2D eigenvalue weighted by Gasteiger charge is 2.39. The Labute approximate surface area is 129 Å². The number of nitrogens with one attached hydrogen (secondary N) is 1. The first kappa shape index (κ1) is 14.2. The maximum atomic E-state index is 12.4. The highest BCUT2D eigenvalue weighted by Crippen LogP contribution is 2.40. The maximum absolute atomic E-state index is 12.4. The van der Waals surface area contributed by atoms with Crippen molar-refractivity contribution in [1.82, 2.24) is 10.3 Å². The van der Waals surface area contributed by atoms with Crippen molar-refractivity contribution in [3.05, 3.63) is 38.5 Å². The van der Waals surface area contributed by atoms with Gasteiger partial charge in [0.1, 0.15) is 9.88 Å². The van der Waals surface area contributed by atoms with Crippen molar-refractivity contribution in [2.75, 3.05) is 0 Å².